The van der Waals surface area contributed by atoms with Gasteiger partial charge in [-0.05, 0) is 73.9 Å². The summed E-state index contributed by atoms with van der Waals surface area (Å²) in [5, 5.41) is 8.66. The van der Waals surface area contributed by atoms with Crippen LogP contribution < -0.4 is 4.74 Å². The van der Waals surface area contributed by atoms with Crippen molar-refractivity contribution in [1.29, 1.82) is 0 Å². The van der Waals surface area contributed by atoms with Crippen LogP contribution in [0.3, 0.4) is 0 Å². The third-order valence-corrected chi connectivity index (χ3v) is 4.68. The lowest BCUT2D eigenvalue weighted by atomic mass is 9.77. The van der Waals surface area contributed by atoms with Gasteiger partial charge in [-0.15, -0.1) is 0 Å². The molecule has 0 bridgehead atoms. The van der Waals surface area contributed by atoms with Gasteiger partial charge in [-0.1, -0.05) is 30.3 Å². The summed E-state index contributed by atoms with van der Waals surface area (Å²) in [5.41, 5.74) is 4.79. The van der Waals surface area contributed by atoms with Gasteiger partial charge in [0.1, 0.15) is 12.4 Å². The summed E-state index contributed by atoms with van der Waals surface area (Å²) in [5.74, 6) is 0.452. The summed E-state index contributed by atoms with van der Waals surface area (Å²) in [6.07, 6.45) is 2.01. The maximum Gasteiger partial charge on any atom is 0.329 e. The van der Waals surface area contributed by atoms with E-state index in [1.54, 1.807) is 0 Å². The summed E-state index contributed by atoms with van der Waals surface area (Å²) in [7, 11) is 0. The van der Waals surface area contributed by atoms with Crippen molar-refractivity contribution in [3.63, 3.8) is 0 Å². The number of carboxylic acid groups (broad SMARTS) is 1. The van der Waals surface area contributed by atoms with Crippen molar-refractivity contribution in [3.05, 3.63) is 53.6 Å². The predicted octanol–water partition coefficient (Wildman–Crippen LogP) is 4.80. The number of ether oxygens (including phenoxy) is 2. The fourth-order valence-electron chi connectivity index (χ4n) is 3.37. The van der Waals surface area contributed by atoms with Crippen molar-refractivity contribution in [2.75, 3.05) is 6.61 Å². The number of carboxylic acids is 1. The van der Waals surface area contributed by atoms with E-state index >= 15 is 0 Å². The molecule has 4 nitrogen and oxygen atoms in total. The van der Waals surface area contributed by atoms with E-state index in [9.17, 15) is 4.79 Å². The highest BCUT2D eigenvalue weighted by molar-refractivity contribution is 5.68. The van der Waals surface area contributed by atoms with Crippen molar-refractivity contribution in [3.8, 4) is 16.9 Å². The van der Waals surface area contributed by atoms with Crippen LogP contribution in [-0.4, -0.2) is 29.9 Å². The Morgan fingerprint density at radius 1 is 1.12 bits per heavy atom. The zero-order chi connectivity index (χ0) is 18.7. The topological polar surface area (TPSA) is 55.8 Å². The second-order valence-electron chi connectivity index (χ2n) is 7.32. The van der Waals surface area contributed by atoms with Crippen molar-refractivity contribution >= 4 is 5.97 Å². The van der Waals surface area contributed by atoms with Crippen molar-refractivity contribution in [2.45, 2.75) is 51.7 Å². The van der Waals surface area contributed by atoms with Gasteiger partial charge in [0.2, 0.25) is 0 Å². The Labute approximate surface area is 154 Å². The van der Waals surface area contributed by atoms with Crippen LogP contribution in [0.4, 0.5) is 0 Å². The molecule has 138 valence electrons. The molecule has 0 amide bonds. The van der Waals surface area contributed by atoms with Gasteiger partial charge in [-0.25, -0.2) is 4.79 Å². The molecule has 2 aromatic carbocycles. The Kier molecular flexibility index (Phi) is 5.62. The molecule has 4 heteroatoms. The number of benzene rings is 2. The normalized spacial score (nSPS) is 19.2. The fourth-order valence-corrected chi connectivity index (χ4v) is 3.37. The number of hydrogen-bond acceptors (Lipinski definition) is 3. The van der Waals surface area contributed by atoms with Gasteiger partial charge in [-0.3, -0.25) is 0 Å². The second kappa shape index (κ2) is 7.92. The van der Waals surface area contributed by atoms with E-state index < -0.39 is 5.97 Å². The van der Waals surface area contributed by atoms with Crippen LogP contribution in [0.5, 0.6) is 5.75 Å². The van der Waals surface area contributed by atoms with E-state index in [4.69, 9.17) is 14.6 Å². The Morgan fingerprint density at radius 3 is 2.42 bits per heavy atom. The molecule has 0 aliphatic heterocycles. The molecule has 1 fully saturated rings. The van der Waals surface area contributed by atoms with Crippen molar-refractivity contribution in [1.82, 2.24) is 0 Å². The largest absolute Gasteiger partial charge is 0.491 e. The highest BCUT2D eigenvalue weighted by atomic mass is 16.5. The van der Waals surface area contributed by atoms with Crippen LogP contribution in [0, 0.1) is 6.92 Å². The molecule has 2 aromatic rings. The minimum Gasteiger partial charge on any atom is -0.491 e. The van der Waals surface area contributed by atoms with Crippen LogP contribution in [0.1, 0.15) is 43.7 Å². The Balaban J connectivity index is 1.65. The van der Waals surface area contributed by atoms with Gasteiger partial charge in [0.15, 0.2) is 0 Å². The van der Waals surface area contributed by atoms with Gasteiger partial charge in [0, 0.05) is 0 Å². The molecule has 1 saturated carbocycles. The lowest BCUT2D eigenvalue weighted by Gasteiger charge is -2.35. The fraction of sp³-hybridized carbons (Fsp3) is 0.409. The minimum atomic E-state index is -0.906. The Hall–Kier alpha value is -2.33. The lowest BCUT2D eigenvalue weighted by molar-refractivity contribution is -0.146. The first-order chi connectivity index (χ1) is 12.4. The molecule has 1 N–H and O–H groups in total. The minimum absolute atomic E-state index is 0.0725. The molecule has 0 unspecified atom stereocenters. The number of rotatable bonds is 7. The van der Waals surface area contributed by atoms with E-state index in [0.29, 0.717) is 5.92 Å². The van der Waals surface area contributed by atoms with Crippen LogP contribution in [0.2, 0.25) is 0 Å². The highest BCUT2D eigenvalue weighted by Crippen LogP contribution is 2.39. The number of aliphatic carboxylic acids is 1. The number of aryl methyl sites for hydroxylation is 1. The number of carbonyl (C=O) groups is 1. The molecular formula is C22H26O4. The van der Waals surface area contributed by atoms with Gasteiger partial charge >= 0.3 is 5.97 Å². The van der Waals surface area contributed by atoms with E-state index in [1.807, 2.05) is 13.8 Å². The molecule has 0 atom stereocenters. The Bertz CT molecular complexity index is 758. The molecular weight excluding hydrogens is 328 g/mol. The van der Waals surface area contributed by atoms with Crippen LogP contribution >= 0.6 is 0 Å². The monoisotopic (exact) mass is 354 g/mol. The molecule has 26 heavy (non-hydrogen) atoms. The summed E-state index contributed by atoms with van der Waals surface area (Å²) < 4.78 is 11.2. The summed E-state index contributed by atoms with van der Waals surface area (Å²) in [4.78, 5) is 10.5. The molecule has 0 heterocycles. The van der Waals surface area contributed by atoms with E-state index in [1.165, 1.54) is 16.7 Å². The SMILES string of the molecule is Cc1cc(OC(C)C)cc(-c2ccc(C3CC(OCC(=O)O)C3)cc2)c1. The first-order valence-electron chi connectivity index (χ1n) is 9.13. The molecule has 0 spiro atoms. The standard InChI is InChI=1S/C22H26O4/c1-14(2)26-21-9-15(3)8-18(12-21)16-4-6-17(7-5-16)19-10-20(11-19)25-13-22(23)24/h4-9,12,14,19-20H,10-11,13H2,1-3H3,(H,23,24). The third kappa shape index (κ3) is 4.64. The van der Waals surface area contributed by atoms with Gasteiger partial charge < -0.3 is 14.6 Å². The Morgan fingerprint density at radius 2 is 1.81 bits per heavy atom. The molecule has 1 aliphatic rings. The second-order valence-corrected chi connectivity index (χ2v) is 7.32. The first kappa shape index (κ1) is 18.5. The van der Waals surface area contributed by atoms with Crippen molar-refractivity contribution < 1.29 is 19.4 Å². The molecule has 0 aromatic heterocycles. The zero-order valence-corrected chi connectivity index (χ0v) is 15.6. The highest BCUT2D eigenvalue weighted by Gasteiger charge is 2.31. The quantitative estimate of drug-likeness (QED) is 0.776. The smallest absolute Gasteiger partial charge is 0.329 e. The molecule has 0 radical (unpaired) electrons. The maximum absolute atomic E-state index is 10.5. The summed E-state index contributed by atoms with van der Waals surface area (Å²) in [6.45, 7) is 5.94. The average Bonchev–Trinajstić information content (AvgIpc) is 2.52. The summed E-state index contributed by atoms with van der Waals surface area (Å²) in [6, 6.07) is 14.9. The lowest BCUT2D eigenvalue weighted by Crippen LogP contribution is -2.31. The molecule has 0 saturated heterocycles. The van der Waals surface area contributed by atoms with Crippen LogP contribution in [0.25, 0.3) is 11.1 Å². The van der Waals surface area contributed by atoms with Crippen LogP contribution in [0.15, 0.2) is 42.5 Å². The van der Waals surface area contributed by atoms with Crippen LogP contribution in [-0.2, 0) is 9.53 Å². The molecule has 3 rings (SSSR count). The van der Waals surface area contributed by atoms with Gasteiger partial charge in [0.25, 0.3) is 0 Å². The van der Waals surface area contributed by atoms with Gasteiger partial charge in [-0.2, -0.15) is 0 Å². The average molecular weight is 354 g/mol. The summed E-state index contributed by atoms with van der Waals surface area (Å²) >= 11 is 0. The van der Waals surface area contributed by atoms with E-state index in [2.05, 4.69) is 49.4 Å². The number of hydrogen-bond donors (Lipinski definition) is 1. The third-order valence-electron chi connectivity index (χ3n) is 4.68. The van der Waals surface area contributed by atoms with E-state index in [-0.39, 0.29) is 18.8 Å². The maximum atomic E-state index is 10.5. The van der Waals surface area contributed by atoms with Gasteiger partial charge in [0.05, 0.1) is 12.2 Å². The first-order valence-corrected chi connectivity index (χ1v) is 9.13. The predicted molar refractivity (Wildman–Crippen MR) is 102 cm³/mol. The van der Waals surface area contributed by atoms with E-state index in [0.717, 1.165) is 24.2 Å². The molecule has 1 aliphatic carbocycles. The zero-order valence-electron chi connectivity index (χ0n) is 15.6. The van der Waals surface area contributed by atoms with Crippen molar-refractivity contribution in [2.24, 2.45) is 0 Å².